The number of nitrogens with one attached hydrogen (secondary N) is 1. The van der Waals surface area contributed by atoms with Gasteiger partial charge < -0.3 is 15.0 Å². The van der Waals surface area contributed by atoms with Crippen molar-refractivity contribution in [3.05, 3.63) is 16.3 Å². The number of aryl methyl sites for hydroxylation is 2. The highest BCUT2D eigenvalue weighted by Crippen LogP contribution is 2.36. The third kappa shape index (κ3) is 3.62. The van der Waals surface area contributed by atoms with Gasteiger partial charge in [0.05, 0.1) is 23.5 Å². The monoisotopic (exact) mass is 402 g/mol. The topological polar surface area (TPSA) is 67.4 Å². The quantitative estimate of drug-likeness (QED) is 0.848. The smallest absolute Gasteiger partial charge is 0.261 e. The minimum absolute atomic E-state index is 0.0389. The maximum atomic E-state index is 13.1. The molecule has 3 unspecified atom stereocenters. The van der Waals surface area contributed by atoms with Crippen LogP contribution in [0.5, 0.6) is 0 Å². The van der Waals surface area contributed by atoms with Crippen molar-refractivity contribution in [2.45, 2.75) is 53.0 Å². The zero-order valence-corrected chi connectivity index (χ0v) is 18.1. The van der Waals surface area contributed by atoms with Crippen LogP contribution in [-0.4, -0.2) is 48.2 Å². The van der Waals surface area contributed by atoms with Gasteiger partial charge in [0.2, 0.25) is 0 Å². The number of morpholine rings is 1. The standard InChI is InChI=1S/C21H30N4O2S/c1-12-6-5-7-16(13(12)2)24-20(26)18-14(3)17-19(25-8-10-27-11-9-25)22-15(4)23-21(17)28-18/h12-13,16H,5-11H2,1-4H3,(H,24,26). The molecule has 1 aliphatic carbocycles. The third-order valence-electron chi connectivity index (χ3n) is 6.42. The fourth-order valence-corrected chi connectivity index (χ4v) is 5.59. The Hall–Kier alpha value is -1.73. The summed E-state index contributed by atoms with van der Waals surface area (Å²) in [4.78, 5) is 26.4. The number of amides is 1. The van der Waals surface area contributed by atoms with E-state index in [4.69, 9.17) is 9.72 Å². The van der Waals surface area contributed by atoms with Crippen molar-refractivity contribution in [1.29, 1.82) is 0 Å². The number of fused-ring (bicyclic) bond motifs is 1. The Balaban J connectivity index is 1.66. The Morgan fingerprint density at radius 3 is 2.68 bits per heavy atom. The summed E-state index contributed by atoms with van der Waals surface area (Å²) in [6, 6.07) is 0.257. The number of carbonyl (C=O) groups is 1. The molecular formula is C21H30N4O2S. The molecule has 1 N–H and O–H groups in total. The second-order valence-corrected chi connectivity index (χ2v) is 9.28. The minimum Gasteiger partial charge on any atom is -0.378 e. The van der Waals surface area contributed by atoms with Gasteiger partial charge >= 0.3 is 0 Å². The van der Waals surface area contributed by atoms with Crippen molar-refractivity contribution in [3.63, 3.8) is 0 Å². The molecule has 2 fully saturated rings. The lowest BCUT2D eigenvalue weighted by atomic mass is 9.78. The number of carbonyl (C=O) groups excluding carboxylic acids is 1. The Labute approximate surface area is 170 Å². The minimum atomic E-state index is 0.0389. The summed E-state index contributed by atoms with van der Waals surface area (Å²) in [5.74, 6) is 2.90. The molecule has 0 spiro atoms. The van der Waals surface area contributed by atoms with Gasteiger partial charge in [-0.2, -0.15) is 0 Å². The molecule has 3 atom stereocenters. The first-order chi connectivity index (χ1) is 13.5. The zero-order valence-electron chi connectivity index (χ0n) is 17.2. The van der Waals surface area contributed by atoms with Crippen LogP contribution < -0.4 is 10.2 Å². The molecule has 2 aromatic heterocycles. The SMILES string of the molecule is Cc1nc(N2CCOCC2)c2c(C)c(C(=O)NC3CCCC(C)C3C)sc2n1. The van der Waals surface area contributed by atoms with Gasteiger partial charge in [0.15, 0.2) is 0 Å². The molecule has 3 heterocycles. The second-order valence-electron chi connectivity index (χ2n) is 8.28. The number of hydrogen-bond acceptors (Lipinski definition) is 6. The van der Waals surface area contributed by atoms with Crippen LogP contribution in [0.1, 0.15) is 54.2 Å². The van der Waals surface area contributed by atoms with Crippen molar-refractivity contribution >= 4 is 33.3 Å². The zero-order chi connectivity index (χ0) is 19.8. The first-order valence-corrected chi connectivity index (χ1v) is 11.2. The van der Waals surface area contributed by atoms with Crippen LogP contribution in [0.2, 0.25) is 0 Å². The van der Waals surface area contributed by atoms with Crippen LogP contribution in [0.3, 0.4) is 0 Å². The van der Waals surface area contributed by atoms with Gasteiger partial charge in [0, 0.05) is 19.1 Å². The summed E-state index contributed by atoms with van der Waals surface area (Å²) >= 11 is 1.49. The molecule has 1 aliphatic heterocycles. The third-order valence-corrected chi connectivity index (χ3v) is 7.61. The van der Waals surface area contributed by atoms with E-state index in [0.29, 0.717) is 25.0 Å². The molecule has 1 saturated heterocycles. The van der Waals surface area contributed by atoms with Gasteiger partial charge in [-0.3, -0.25) is 4.79 Å². The number of rotatable bonds is 3. The van der Waals surface area contributed by atoms with Crippen LogP contribution in [0.4, 0.5) is 5.82 Å². The fraction of sp³-hybridized carbons (Fsp3) is 0.667. The van der Waals surface area contributed by atoms with Crippen LogP contribution in [0.15, 0.2) is 0 Å². The van der Waals surface area contributed by atoms with Gasteiger partial charge in [-0.05, 0) is 37.7 Å². The Bertz CT molecular complexity index is 875. The van der Waals surface area contributed by atoms with Crippen LogP contribution >= 0.6 is 11.3 Å². The van der Waals surface area contributed by atoms with Gasteiger partial charge in [-0.15, -0.1) is 11.3 Å². The number of ether oxygens (including phenoxy) is 1. The largest absolute Gasteiger partial charge is 0.378 e. The van der Waals surface area contributed by atoms with E-state index in [-0.39, 0.29) is 11.9 Å². The van der Waals surface area contributed by atoms with E-state index < -0.39 is 0 Å². The molecule has 152 valence electrons. The first-order valence-electron chi connectivity index (χ1n) is 10.4. The molecule has 0 bridgehead atoms. The average Bonchev–Trinajstić information content (AvgIpc) is 3.02. The van der Waals surface area contributed by atoms with E-state index in [0.717, 1.165) is 51.8 Å². The Morgan fingerprint density at radius 2 is 1.93 bits per heavy atom. The van der Waals surface area contributed by atoms with Crippen molar-refractivity contribution in [2.24, 2.45) is 11.8 Å². The molecule has 6 nitrogen and oxygen atoms in total. The number of hydrogen-bond donors (Lipinski definition) is 1. The maximum Gasteiger partial charge on any atom is 0.261 e. The summed E-state index contributed by atoms with van der Waals surface area (Å²) < 4.78 is 5.49. The molecule has 1 saturated carbocycles. The van der Waals surface area contributed by atoms with E-state index in [1.165, 1.54) is 24.2 Å². The molecular weight excluding hydrogens is 372 g/mol. The summed E-state index contributed by atoms with van der Waals surface area (Å²) in [7, 11) is 0. The van der Waals surface area contributed by atoms with E-state index >= 15 is 0 Å². The Morgan fingerprint density at radius 1 is 1.18 bits per heavy atom. The fourth-order valence-electron chi connectivity index (χ4n) is 4.46. The molecule has 28 heavy (non-hydrogen) atoms. The average molecular weight is 403 g/mol. The Kier molecular flexibility index (Phi) is 5.56. The predicted molar refractivity (Wildman–Crippen MR) is 113 cm³/mol. The van der Waals surface area contributed by atoms with Gasteiger partial charge in [-0.1, -0.05) is 26.7 Å². The highest BCUT2D eigenvalue weighted by Gasteiger charge is 2.30. The van der Waals surface area contributed by atoms with Crippen LogP contribution in [0.25, 0.3) is 10.2 Å². The molecule has 2 aliphatic rings. The lowest BCUT2D eigenvalue weighted by Crippen LogP contribution is -2.43. The summed E-state index contributed by atoms with van der Waals surface area (Å²) in [6.07, 6.45) is 3.51. The predicted octanol–water partition coefficient (Wildman–Crippen LogP) is 3.70. The lowest BCUT2D eigenvalue weighted by Gasteiger charge is -2.34. The summed E-state index contributed by atoms with van der Waals surface area (Å²) in [5, 5.41) is 4.34. The van der Waals surface area contributed by atoms with E-state index in [2.05, 4.69) is 29.0 Å². The highest BCUT2D eigenvalue weighted by molar-refractivity contribution is 7.20. The maximum absolute atomic E-state index is 13.1. The molecule has 0 aromatic carbocycles. The number of aromatic nitrogens is 2. The normalized spacial score (nSPS) is 25.9. The molecule has 2 aromatic rings. The molecule has 1 amide bonds. The first kappa shape index (κ1) is 19.6. The molecule has 4 rings (SSSR count). The highest BCUT2D eigenvalue weighted by atomic mass is 32.1. The van der Waals surface area contributed by atoms with Gasteiger partial charge in [0.1, 0.15) is 16.5 Å². The van der Waals surface area contributed by atoms with E-state index in [9.17, 15) is 4.79 Å². The van der Waals surface area contributed by atoms with Crippen molar-refractivity contribution in [2.75, 3.05) is 31.2 Å². The van der Waals surface area contributed by atoms with E-state index in [1.54, 1.807) is 0 Å². The van der Waals surface area contributed by atoms with Crippen LogP contribution in [-0.2, 0) is 4.74 Å². The summed E-state index contributed by atoms with van der Waals surface area (Å²) in [6.45, 7) is 11.6. The van der Waals surface area contributed by atoms with Gasteiger partial charge in [-0.25, -0.2) is 9.97 Å². The van der Waals surface area contributed by atoms with Crippen molar-refractivity contribution < 1.29 is 9.53 Å². The molecule has 0 radical (unpaired) electrons. The van der Waals surface area contributed by atoms with E-state index in [1.807, 2.05) is 13.8 Å². The van der Waals surface area contributed by atoms with Crippen molar-refractivity contribution in [1.82, 2.24) is 15.3 Å². The van der Waals surface area contributed by atoms with Crippen molar-refractivity contribution in [3.8, 4) is 0 Å². The number of nitrogens with zero attached hydrogens (tertiary/aromatic N) is 3. The van der Waals surface area contributed by atoms with Crippen LogP contribution in [0, 0.1) is 25.7 Å². The number of thiophene rings is 1. The molecule has 7 heteroatoms. The summed E-state index contributed by atoms with van der Waals surface area (Å²) in [5.41, 5.74) is 0.996. The van der Waals surface area contributed by atoms with Gasteiger partial charge in [0.25, 0.3) is 5.91 Å². The second kappa shape index (κ2) is 7.95. The number of anilines is 1. The lowest BCUT2D eigenvalue weighted by molar-refractivity contribution is 0.0894.